The minimum absolute atomic E-state index is 0.0985. The molecule has 108 valence electrons. The minimum Gasteiger partial charge on any atom is -0.316 e. The SMILES string of the molecule is CCCNCCS(=O)(=O)NCc1ncccc1CC. The normalized spacial score (nSPS) is 11.7. The molecule has 5 nitrogen and oxygen atoms in total. The van der Waals surface area contributed by atoms with Crippen molar-refractivity contribution in [1.29, 1.82) is 0 Å². The van der Waals surface area contributed by atoms with Crippen LogP contribution >= 0.6 is 0 Å². The standard InChI is InChI=1S/C13H23N3O2S/c1-3-7-14-9-10-19(17,18)16-11-13-12(4-2)6-5-8-15-13/h5-6,8,14,16H,3-4,7,9-11H2,1-2H3. The smallest absolute Gasteiger partial charge is 0.213 e. The Kier molecular flexibility index (Phi) is 6.97. The van der Waals surface area contributed by atoms with Crippen LogP contribution in [0.15, 0.2) is 18.3 Å². The van der Waals surface area contributed by atoms with Gasteiger partial charge in [0, 0.05) is 12.7 Å². The predicted octanol–water partition coefficient (Wildman–Crippen LogP) is 1.06. The molecule has 0 aliphatic rings. The molecule has 0 aliphatic carbocycles. The van der Waals surface area contributed by atoms with Gasteiger partial charge >= 0.3 is 0 Å². The maximum Gasteiger partial charge on any atom is 0.213 e. The lowest BCUT2D eigenvalue weighted by Gasteiger charge is -2.09. The van der Waals surface area contributed by atoms with E-state index in [9.17, 15) is 8.42 Å². The number of nitrogens with zero attached hydrogens (tertiary/aromatic N) is 1. The predicted molar refractivity (Wildman–Crippen MR) is 77.4 cm³/mol. The van der Waals surface area contributed by atoms with E-state index in [2.05, 4.69) is 15.0 Å². The summed E-state index contributed by atoms with van der Waals surface area (Å²) in [7, 11) is -3.24. The molecular formula is C13H23N3O2S. The van der Waals surface area contributed by atoms with Gasteiger partial charge < -0.3 is 5.32 Å². The van der Waals surface area contributed by atoms with Crippen molar-refractivity contribution in [2.75, 3.05) is 18.8 Å². The van der Waals surface area contributed by atoms with E-state index < -0.39 is 10.0 Å². The molecule has 1 rings (SSSR count). The second-order valence-electron chi connectivity index (χ2n) is 4.35. The van der Waals surface area contributed by atoms with E-state index in [-0.39, 0.29) is 12.3 Å². The molecule has 1 aromatic rings. The largest absolute Gasteiger partial charge is 0.316 e. The van der Waals surface area contributed by atoms with Crippen LogP contribution in [0.2, 0.25) is 0 Å². The molecule has 0 saturated heterocycles. The lowest BCUT2D eigenvalue weighted by Crippen LogP contribution is -2.32. The Hall–Kier alpha value is -0.980. The van der Waals surface area contributed by atoms with E-state index in [1.807, 2.05) is 26.0 Å². The van der Waals surface area contributed by atoms with Gasteiger partial charge in [0.15, 0.2) is 0 Å². The third kappa shape index (κ3) is 6.13. The number of hydrogen-bond donors (Lipinski definition) is 2. The number of sulfonamides is 1. The molecule has 0 radical (unpaired) electrons. The van der Waals surface area contributed by atoms with E-state index in [0.29, 0.717) is 6.54 Å². The molecule has 1 aromatic heterocycles. The van der Waals surface area contributed by atoms with Gasteiger partial charge in [-0.25, -0.2) is 13.1 Å². The second-order valence-corrected chi connectivity index (χ2v) is 6.28. The van der Waals surface area contributed by atoms with Crippen LogP contribution in [0.4, 0.5) is 0 Å². The highest BCUT2D eigenvalue weighted by molar-refractivity contribution is 7.89. The first-order chi connectivity index (χ1) is 9.09. The van der Waals surface area contributed by atoms with Gasteiger partial charge in [-0.1, -0.05) is 19.9 Å². The number of aryl methyl sites for hydroxylation is 1. The van der Waals surface area contributed by atoms with Crippen molar-refractivity contribution in [2.24, 2.45) is 0 Å². The molecule has 19 heavy (non-hydrogen) atoms. The Labute approximate surface area is 115 Å². The Morgan fingerprint density at radius 3 is 2.74 bits per heavy atom. The van der Waals surface area contributed by atoms with Gasteiger partial charge in [0.1, 0.15) is 0 Å². The van der Waals surface area contributed by atoms with Crippen LogP contribution in [0.1, 0.15) is 31.5 Å². The Morgan fingerprint density at radius 2 is 2.05 bits per heavy atom. The van der Waals surface area contributed by atoms with E-state index >= 15 is 0 Å². The van der Waals surface area contributed by atoms with Gasteiger partial charge in [-0.2, -0.15) is 0 Å². The summed E-state index contributed by atoms with van der Waals surface area (Å²) in [5, 5.41) is 3.08. The third-order valence-electron chi connectivity index (χ3n) is 2.80. The lowest BCUT2D eigenvalue weighted by molar-refractivity contribution is 0.575. The summed E-state index contributed by atoms with van der Waals surface area (Å²) in [5.74, 6) is 0.0985. The Morgan fingerprint density at radius 1 is 1.26 bits per heavy atom. The zero-order chi connectivity index (χ0) is 14.1. The molecule has 2 N–H and O–H groups in total. The molecule has 0 amide bonds. The fourth-order valence-electron chi connectivity index (χ4n) is 1.71. The highest BCUT2D eigenvalue weighted by atomic mass is 32.2. The monoisotopic (exact) mass is 285 g/mol. The molecule has 6 heteroatoms. The van der Waals surface area contributed by atoms with Crippen molar-refractivity contribution in [3.8, 4) is 0 Å². The Balaban J connectivity index is 2.46. The molecule has 0 fully saturated rings. The fourth-order valence-corrected chi connectivity index (χ4v) is 2.63. The Bertz CT molecular complexity index is 475. The van der Waals surface area contributed by atoms with Crippen LogP contribution in [-0.2, 0) is 23.0 Å². The van der Waals surface area contributed by atoms with Crippen LogP contribution in [0, 0.1) is 0 Å². The zero-order valence-electron chi connectivity index (χ0n) is 11.6. The number of hydrogen-bond acceptors (Lipinski definition) is 4. The number of pyridine rings is 1. The van der Waals surface area contributed by atoms with Crippen molar-refractivity contribution in [3.63, 3.8) is 0 Å². The first kappa shape index (κ1) is 16.1. The number of aromatic nitrogens is 1. The summed E-state index contributed by atoms with van der Waals surface area (Å²) in [4.78, 5) is 4.22. The maximum atomic E-state index is 11.8. The molecule has 0 saturated carbocycles. The highest BCUT2D eigenvalue weighted by Gasteiger charge is 2.11. The molecule has 0 bridgehead atoms. The molecule has 0 aromatic carbocycles. The van der Waals surface area contributed by atoms with E-state index in [4.69, 9.17) is 0 Å². The first-order valence-electron chi connectivity index (χ1n) is 6.70. The van der Waals surface area contributed by atoms with Gasteiger partial charge in [-0.15, -0.1) is 0 Å². The van der Waals surface area contributed by atoms with Crippen molar-refractivity contribution >= 4 is 10.0 Å². The van der Waals surface area contributed by atoms with Gasteiger partial charge in [0.2, 0.25) is 10.0 Å². The molecular weight excluding hydrogens is 262 g/mol. The molecule has 0 spiro atoms. The first-order valence-corrected chi connectivity index (χ1v) is 8.35. The van der Waals surface area contributed by atoms with Crippen LogP contribution in [0.5, 0.6) is 0 Å². The summed E-state index contributed by atoms with van der Waals surface area (Å²) >= 11 is 0. The maximum absolute atomic E-state index is 11.8. The van der Waals surface area contributed by atoms with E-state index in [1.165, 1.54) is 0 Å². The van der Waals surface area contributed by atoms with Crippen LogP contribution in [-0.4, -0.2) is 32.2 Å². The van der Waals surface area contributed by atoms with E-state index in [0.717, 1.165) is 30.6 Å². The van der Waals surface area contributed by atoms with Crippen LogP contribution < -0.4 is 10.0 Å². The van der Waals surface area contributed by atoms with Crippen LogP contribution in [0.3, 0.4) is 0 Å². The molecule has 0 unspecified atom stereocenters. The van der Waals surface area contributed by atoms with E-state index in [1.54, 1.807) is 6.20 Å². The van der Waals surface area contributed by atoms with Crippen molar-refractivity contribution in [3.05, 3.63) is 29.6 Å². The summed E-state index contributed by atoms with van der Waals surface area (Å²) in [6.07, 6.45) is 3.54. The summed E-state index contributed by atoms with van der Waals surface area (Å²) in [5.41, 5.74) is 1.88. The lowest BCUT2D eigenvalue weighted by atomic mass is 10.1. The van der Waals surface area contributed by atoms with Gasteiger partial charge in [-0.3, -0.25) is 4.98 Å². The average molecular weight is 285 g/mol. The summed E-state index contributed by atoms with van der Waals surface area (Å²) < 4.78 is 26.2. The zero-order valence-corrected chi connectivity index (χ0v) is 12.5. The summed E-state index contributed by atoms with van der Waals surface area (Å²) in [6, 6.07) is 3.84. The average Bonchev–Trinajstić information content (AvgIpc) is 2.42. The van der Waals surface area contributed by atoms with Gasteiger partial charge in [0.25, 0.3) is 0 Å². The van der Waals surface area contributed by atoms with Crippen LogP contribution in [0.25, 0.3) is 0 Å². The highest BCUT2D eigenvalue weighted by Crippen LogP contribution is 2.06. The molecule has 1 heterocycles. The fraction of sp³-hybridized carbons (Fsp3) is 0.615. The second kappa shape index (κ2) is 8.24. The number of nitrogens with one attached hydrogen (secondary N) is 2. The van der Waals surface area contributed by atoms with Crippen molar-refractivity contribution in [2.45, 2.75) is 33.2 Å². The van der Waals surface area contributed by atoms with Crippen molar-refractivity contribution < 1.29 is 8.42 Å². The van der Waals surface area contributed by atoms with Crippen molar-refractivity contribution in [1.82, 2.24) is 15.0 Å². The molecule has 0 aliphatic heterocycles. The third-order valence-corrected chi connectivity index (χ3v) is 4.13. The van der Waals surface area contributed by atoms with Gasteiger partial charge in [-0.05, 0) is 31.0 Å². The number of rotatable bonds is 9. The minimum atomic E-state index is -3.24. The summed E-state index contributed by atoms with van der Waals surface area (Å²) in [6.45, 7) is 5.67. The van der Waals surface area contributed by atoms with Gasteiger partial charge in [0.05, 0.1) is 18.0 Å². The molecule has 0 atom stereocenters. The quantitative estimate of drug-likeness (QED) is 0.666. The topological polar surface area (TPSA) is 71.1 Å².